The summed E-state index contributed by atoms with van der Waals surface area (Å²) in [5.41, 5.74) is 3.01. The van der Waals surface area contributed by atoms with Crippen LogP contribution in [0, 0.1) is 0 Å². The molecule has 3 rings (SSSR count). The fourth-order valence-electron chi connectivity index (χ4n) is 2.65. The highest BCUT2D eigenvalue weighted by molar-refractivity contribution is 6.33. The summed E-state index contributed by atoms with van der Waals surface area (Å²) >= 11 is 6.16. The second-order valence-corrected chi connectivity index (χ2v) is 6.52. The van der Waals surface area contributed by atoms with Crippen LogP contribution in [0.1, 0.15) is 21.5 Å². The first-order valence-corrected chi connectivity index (χ1v) is 9.05. The van der Waals surface area contributed by atoms with Gasteiger partial charge in [-0.1, -0.05) is 41.9 Å². The average molecular weight is 398 g/mol. The Morgan fingerprint density at radius 2 is 1.71 bits per heavy atom. The molecule has 0 amide bonds. The maximum atomic E-state index is 10.9. The Balaban J connectivity index is 1.64. The minimum absolute atomic E-state index is 0.247. The number of carboxylic acid groups (broad SMARTS) is 1. The van der Waals surface area contributed by atoms with E-state index >= 15 is 0 Å². The molecule has 0 bridgehead atoms. The van der Waals surface area contributed by atoms with Crippen molar-refractivity contribution in [2.45, 2.75) is 13.2 Å². The first kappa shape index (κ1) is 19.6. The number of aromatic carboxylic acids is 1. The van der Waals surface area contributed by atoms with Crippen LogP contribution in [0.3, 0.4) is 0 Å². The molecule has 0 unspecified atom stereocenters. The van der Waals surface area contributed by atoms with Gasteiger partial charge in [-0.15, -0.1) is 0 Å². The van der Waals surface area contributed by atoms with Crippen LogP contribution in [0.2, 0.25) is 5.02 Å². The highest BCUT2D eigenvalue weighted by Crippen LogP contribution is 2.29. The molecule has 0 aromatic heterocycles. The van der Waals surface area contributed by atoms with Crippen LogP contribution in [-0.2, 0) is 13.2 Å². The minimum atomic E-state index is -0.949. The third-order valence-corrected chi connectivity index (χ3v) is 4.51. The number of carboxylic acids is 1. The summed E-state index contributed by atoms with van der Waals surface area (Å²) in [6, 6.07) is 19.9. The van der Waals surface area contributed by atoms with Crippen molar-refractivity contribution in [2.24, 2.45) is 0 Å². The third-order valence-electron chi connectivity index (χ3n) is 4.18. The van der Waals surface area contributed by atoms with Gasteiger partial charge in [0.15, 0.2) is 11.5 Å². The zero-order chi connectivity index (χ0) is 19.9. The fraction of sp³-hybridized carbons (Fsp3) is 0.136. The highest BCUT2D eigenvalue weighted by atomic mass is 35.5. The predicted molar refractivity (Wildman–Crippen MR) is 110 cm³/mol. The van der Waals surface area contributed by atoms with Gasteiger partial charge in [0.25, 0.3) is 0 Å². The summed E-state index contributed by atoms with van der Waals surface area (Å²) in [6.07, 6.45) is 0. The van der Waals surface area contributed by atoms with Crippen LogP contribution in [0.5, 0.6) is 11.5 Å². The van der Waals surface area contributed by atoms with Crippen molar-refractivity contribution < 1.29 is 19.4 Å². The number of halogens is 1. The zero-order valence-electron chi connectivity index (χ0n) is 15.3. The molecule has 3 aromatic carbocycles. The molecule has 0 aliphatic carbocycles. The van der Waals surface area contributed by atoms with E-state index in [9.17, 15) is 4.79 Å². The SMILES string of the molecule is COc1cc(CNc2ccccc2Cl)ccc1OCc1ccc(C(=O)O)cc1. The fourth-order valence-corrected chi connectivity index (χ4v) is 2.85. The Morgan fingerprint density at radius 3 is 2.39 bits per heavy atom. The molecular weight excluding hydrogens is 378 g/mol. The van der Waals surface area contributed by atoms with E-state index in [0.717, 1.165) is 16.8 Å². The second-order valence-electron chi connectivity index (χ2n) is 6.11. The molecule has 0 saturated carbocycles. The lowest BCUT2D eigenvalue weighted by Gasteiger charge is -2.13. The molecule has 0 atom stereocenters. The van der Waals surface area contributed by atoms with Crippen molar-refractivity contribution in [1.82, 2.24) is 0 Å². The van der Waals surface area contributed by atoms with Crippen LogP contribution in [0.25, 0.3) is 0 Å². The normalized spacial score (nSPS) is 10.4. The molecule has 0 aliphatic rings. The summed E-state index contributed by atoms with van der Waals surface area (Å²) in [5.74, 6) is 0.294. The molecule has 0 saturated heterocycles. The topological polar surface area (TPSA) is 67.8 Å². The standard InChI is InChI=1S/C22H20ClNO4/c1-27-21-12-16(13-24-19-5-3-2-4-18(19)23)8-11-20(21)28-14-15-6-9-17(10-7-15)22(25)26/h2-12,24H,13-14H2,1H3,(H,25,26). The summed E-state index contributed by atoms with van der Waals surface area (Å²) in [6.45, 7) is 0.907. The molecule has 6 heteroatoms. The number of methoxy groups -OCH3 is 1. The number of rotatable bonds is 8. The van der Waals surface area contributed by atoms with Gasteiger partial charge in [0.2, 0.25) is 0 Å². The molecule has 0 spiro atoms. The Hall–Kier alpha value is -3.18. The van der Waals surface area contributed by atoms with Crippen LogP contribution in [-0.4, -0.2) is 18.2 Å². The van der Waals surface area contributed by atoms with E-state index < -0.39 is 5.97 Å². The zero-order valence-corrected chi connectivity index (χ0v) is 16.1. The number of hydrogen-bond donors (Lipinski definition) is 2. The van der Waals surface area contributed by atoms with E-state index in [1.807, 2.05) is 42.5 Å². The molecule has 0 radical (unpaired) electrons. The van der Waals surface area contributed by atoms with E-state index in [1.165, 1.54) is 0 Å². The number of anilines is 1. The van der Waals surface area contributed by atoms with Crippen molar-refractivity contribution in [3.63, 3.8) is 0 Å². The minimum Gasteiger partial charge on any atom is -0.493 e. The molecule has 5 nitrogen and oxygen atoms in total. The van der Waals surface area contributed by atoms with E-state index in [-0.39, 0.29) is 5.56 Å². The van der Waals surface area contributed by atoms with Gasteiger partial charge < -0.3 is 19.9 Å². The number of benzene rings is 3. The van der Waals surface area contributed by atoms with Crippen molar-refractivity contribution in [3.8, 4) is 11.5 Å². The molecule has 0 aliphatic heterocycles. The average Bonchev–Trinajstić information content (AvgIpc) is 2.72. The summed E-state index contributed by atoms with van der Waals surface area (Å²) < 4.78 is 11.3. The highest BCUT2D eigenvalue weighted by Gasteiger charge is 2.08. The molecule has 144 valence electrons. The Kier molecular flexibility index (Phi) is 6.40. The first-order chi connectivity index (χ1) is 13.6. The molecule has 2 N–H and O–H groups in total. The van der Waals surface area contributed by atoms with Crippen molar-refractivity contribution in [2.75, 3.05) is 12.4 Å². The Bertz CT molecular complexity index is 957. The van der Waals surface area contributed by atoms with Crippen LogP contribution in [0.4, 0.5) is 5.69 Å². The number of para-hydroxylation sites is 1. The molecule has 28 heavy (non-hydrogen) atoms. The maximum absolute atomic E-state index is 10.9. The lowest BCUT2D eigenvalue weighted by atomic mass is 10.1. The lowest BCUT2D eigenvalue weighted by molar-refractivity contribution is 0.0697. The smallest absolute Gasteiger partial charge is 0.335 e. The summed E-state index contributed by atoms with van der Waals surface area (Å²) in [5, 5.41) is 12.9. The third kappa shape index (κ3) is 4.96. The van der Waals surface area contributed by atoms with Crippen molar-refractivity contribution >= 4 is 23.3 Å². The monoisotopic (exact) mass is 397 g/mol. The number of hydrogen-bond acceptors (Lipinski definition) is 4. The van der Waals surface area contributed by atoms with Crippen molar-refractivity contribution in [3.05, 3.63) is 88.4 Å². The number of ether oxygens (including phenoxy) is 2. The quantitative estimate of drug-likeness (QED) is 0.544. The van der Waals surface area contributed by atoms with Gasteiger partial charge in [-0.25, -0.2) is 4.79 Å². The van der Waals surface area contributed by atoms with E-state index in [1.54, 1.807) is 31.4 Å². The van der Waals surface area contributed by atoms with E-state index in [2.05, 4.69) is 5.32 Å². The van der Waals surface area contributed by atoms with Gasteiger partial charge in [-0.05, 0) is 47.5 Å². The number of carbonyl (C=O) groups is 1. The maximum Gasteiger partial charge on any atom is 0.335 e. The van der Waals surface area contributed by atoms with Crippen LogP contribution >= 0.6 is 11.6 Å². The Labute approximate surface area is 168 Å². The molecule has 0 fully saturated rings. The van der Waals surface area contributed by atoms with Gasteiger partial charge in [0.1, 0.15) is 6.61 Å². The van der Waals surface area contributed by atoms with Gasteiger partial charge in [0.05, 0.1) is 23.4 Å². The lowest BCUT2D eigenvalue weighted by Crippen LogP contribution is -2.02. The van der Waals surface area contributed by atoms with Gasteiger partial charge in [-0.3, -0.25) is 0 Å². The van der Waals surface area contributed by atoms with Crippen molar-refractivity contribution in [1.29, 1.82) is 0 Å². The van der Waals surface area contributed by atoms with E-state index in [0.29, 0.717) is 29.7 Å². The van der Waals surface area contributed by atoms with E-state index in [4.69, 9.17) is 26.2 Å². The summed E-state index contributed by atoms with van der Waals surface area (Å²) in [4.78, 5) is 10.9. The second kappa shape index (κ2) is 9.15. The van der Waals surface area contributed by atoms with Crippen LogP contribution < -0.4 is 14.8 Å². The van der Waals surface area contributed by atoms with Gasteiger partial charge in [-0.2, -0.15) is 0 Å². The molecular formula is C22H20ClNO4. The number of nitrogens with one attached hydrogen (secondary N) is 1. The van der Waals surface area contributed by atoms with Crippen LogP contribution in [0.15, 0.2) is 66.7 Å². The Morgan fingerprint density at radius 1 is 1.00 bits per heavy atom. The first-order valence-electron chi connectivity index (χ1n) is 8.67. The largest absolute Gasteiger partial charge is 0.493 e. The summed E-state index contributed by atoms with van der Waals surface area (Å²) in [7, 11) is 1.59. The molecule has 0 heterocycles. The predicted octanol–water partition coefficient (Wildman–Crippen LogP) is 5.24. The van der Waals surface area contributed by atoms with Gasteiger partial charge >= 0.3 is 5.97 Å². The molecule has 3 aromatic rings. The van der Waals surface area contributed by atoms with Gasteiger partial charge in [0, 0.05) is 6.54 Å².